The van der Waals surface area contributed by atoms with E-state index in [4.69, 9.17) is 4.74 Å². The van der Waals surface area contributed by atoms with Crippen molar-refractivity contribution in [3.05, 3.63) is 72.1 Å². The molecule has 0 radical (unpaired) electrons. The molecule has 3 aromatic rings. The first-order chi connectivity index (χ1) is 9.81. The molecule has 0 aliphatic carbocycles. The van der Waals surface area contributed by atoms with Gasteiger partial charge in [0, 0.05) is 0 Å². The summed E-state index contributed by atoms with van der Waals surface area (Å²) in [6, 6.07) is 17.8. The zero-order valence-electron chi connectivity index (χ0n) is 11.2. The Labute approximate surface area is 117 Å². The molecule has 4 nitrogen and oxygen atoms in total. The van der Waals surface area contributed by atoms with E-state index in [1.165, 1.54) is 5.56 Å². The molecule has 0 amide bonds. The normalized spacial score (nSPS) is 10.4. The van der Waals surface area contributed by atoms with E-state index >= 15 is 0 Å². The van der Waals surface area contributed by atoms with E-state index in [9.17, 15) is 0 Å². The van der Waals surface area contributed by atoms with Crippen LogP contribution in [0.1, 0.15) is 11.3 Å². The summed E-state index contributed by atoms with van der Waals surface area (Å²) in [4.78, 5) is 0. The van der Waals surface area contributed by atoms with Crippen molar-refractivity contribution in [1.29, 1.82) is 0 Å². The number of ether oxygens (including phenoxy) is 1. The van der Waals surface area contributed by atoms with Gasteiger partial charge in [-0.2, -0.15) is 0 Å². The zero-order chi connectivity index (χ0) is 13.8. The lowest BCUT2D eigenvalue weighted by Crippen LogP contribution is -1.96. The maximum absolute atomic E-state index is 5.71. The Morgan fingerprint density at radius 1 is 1.05 bits per heavy atom. The highest BCUT2D eigenvalue weighted by Crippen LogP contribution is 2.14. The van der Waals surface area contributed by atoms with E-state index in [1.54, 1.807) is 4.68 Å². The smallest absolute Gasteiger partial charge is 0.134 e. The average Bonchev–Trinajstić information content (AvgIpc) is 2.95. The van der Waals surface area contributed by atoms with E-state index < -0.39 is 0 Å². The van der Waals surface area contributed by atoms with Gasteiger partial charge in [0.2, 0.25) is 0 Å². The van der Waals surface area contributed by atoms with Gasteiger partial charge in [0.15, 0.2) is 0 Å². The largest absolute Gasteiger partial charge is 0.487 e. The van der Waals surface area contributed by atoms with Crippen LogP contribution in [0.15, 0.2) is 60.8 Å². The first kappa shape index (κ1) is 12.4. The molecule has 0 fully saturated rings. The molecule has 0 aliphatic rings. The zero-order valence-corrected chi connectivity index (χ0v) is 11.2. The predicted molar refractivity (Wildman–Crippen MR) is 76.9 cm³/mol. The predicted octanol–water partition coefficient (Wildman–Crippen LogP) is 3.15. The van der Waals surface area contributed by atoms with Crippen molar-refractivity contribution in [2.45, 2.75) is 13.5 Å². The molecule has 20 heavy (non-hydrogen) atoms. The number of aromatic nitrogens is 3. The molecule has 0 saturated carbocycles. The lowest BCUT2D eigenvalue weighted by Gasteiger charge is -2.04. The van der Waals surface area contributed by atoms with Crippen LogP contribution in [0.5, 0.6) is 5.75 Å². The number of para-hydroxylation sites is 1. The Morgan fingerprint density at radius 3 is 2.70 bits per heavy atom. The summed E-state index contributed by atoms with van der Waals surface area (Å²) < 4.78 is 7.45. The molecule has 1 heterocycles. The minimum Gasteiger partial charge on any atom is -0.487 e. The topological polar surface area (TPSA) is 39.9 Å². The molecule has 0 aliphatic heterocycles. The third-order valence-electron chi connectivity index (χ3n) is 2.94. The molecule has 4 heteroatoms. The highest BCUT2D eigenvalue weighted by molar-refractivity contribution is 5.30. The number of hydrogen-bond acceptors (Lipinski definition) is 3. The fourth-order valence-electron chi connectivity index (χ4n) is 1.93. The quantitative estimate of drug-likeness (QED) is 0.727. The number of benzene rings is 2. The van der Waals surface area contributed by atoms with Crippen molar-refractivity contribution in [1.82, 2.24) is 15.0 Å². The monoisotopic (exact) mass is 265 g/mol. The van der Waals surface area contributed by atoms with E-state index in [2.05, 4.69) is 10.3 Å². The fraction of sp³-hybridized carbons (Fsp3) is 0.125. The summed E-state index contributed by atoms with van der Waals surface area (Å²) in [7, 11) is 0. The van der Waals surface area contributed by atoms with Crippen molar-refractivity contribution in [2.24, 2.45) is 0 Å². The van der Waals surface area contributed by atoms with E-state index in [0.717, 1.165) is 17.1 Å². The van der Waals surface area contributed by atoms with E-state index in [-0.39, 0.29) is 0 Å². The Morgan fingerprint density at radius 2 is 1.90 bits per heavy atom. The van der Waals surface area contributed by atoms with Crippen molar-refractivity contribution in [3.63, 3.8) is 0 Å². The summed E-state index contributed by atoms with van der Waals surface area (Å²) in [6.45, 7) is 2.45. The van der Waals surface area contributed by atoms with Crippen molar-refractivity contribution in [3.8, 4) is 11.4 Å². The molecule has 0 spiro atoms. The van der Waals surface area contributed by atoms with Gasteiger partial charge in [-0.05, 0) is 36.8 Å². The van der Waals surface area contributed by atoms with Crippen molar-refractivity contribution < 1.29 is 4.74 Å². The first-order valence-corrected chi connectivity index (χ1v) is 6.47. The number of hydrogen-bond donors (Lipinski definition) is 0. The van der Waals surface area contributed by atoms with Crippen LogP contribution >= 0.6 is 0 Å². The van der Waals surface area contributed by atoms with Gasteiger partial charge in [-0.3, -0.25) is 0 Å². The van der Waals surface area contributed by atoms with Gasteiger partial charge < -0.3 is 4.74 Å². The molecule has 0 atom stereocenters. The molecule has 3 rings (SSSR count). The summed E-state index contributed by atoms with van der Waals surface area (Å²) >= 11 is 0. The Kier molecular flexibility index (Phi) is 3.46. The molecular weight excluding hydrogens is 250 g/mol. The standard InChI is InChI=1S/C16H15N3O/c1-13-6-5-9-16(10-13)20-12-14-11-19(18-17-14)15-7-3-2-4-8-15/h2-11H,12H2,1H3. The Balaban J connectivity index is 1.69. The van der Waals surface area contributed by atoms with Crippen LogP contribution in [0, 0.1) is 6.92 Å². The van der Waals surface area contributed by atoms with Gasteiger partial charge in [-0.15, -0.1) is 5.10 Å². The summed E-state index contributed by atoms with van der Waals surface area (Å²) in [5.74, 6) is 0.847. The molecule has 0 N–H and O–H groups in total. The van der Waals surface area contributed by atoms with Gasteiger partial charge in [-0.25, -0.2) is 4.68 Å². The fourth-order valence-corrected chi connectivity index (χ4v) is 1.93. The van der Waals surface area contributed by atoms with Crippen LogP contribution in [0.4, 0.5) is 0 Å². The third-order valence-corrected chi connectivity index (χ3v) is 2.94. The van der Waals surface area contributed by atoms with E-state index in [1.807, 2.05) is 67.7 Å². The van der Waals surface area contributed by atoms with Crippen LogP contribution in [-0.2, 0) is 6.61 Å². The van der Waals surface area contributed by atoms with Gasteiger partial charge >= 0.3 is 0 Å². The summed E-state index contributed by atoms with van der Waals surface area (Å²) in [5.41, 5.74) is 2.97. The second kappa shape index (κ2) is 5.57. The lowest BCUT2D eigenvalue weighted by atomic mass is 10.2. The molecule has 100 valence electrons. The number of rotatable bonds is 4. The van der Waals surface area contributed by atoms with Gasteiger partial charge in [0.25, 0.3) is 0 Å². The summed E-state index contributed by atoms with van der Waals surface area (Å²) in [5, 5.41) is 8.22. The number of aryl methyl sites for hydroxylation is 1. The van der Waals surface area contributed by atoms with E-state index in [0.29, 0.717) is 6.61 Å². The second-order valence-electron chi connectivity index (χ2n) is 4.60. The minimum absolute atomic E-state index is 0.413. The van der Waals surface area contributed by atoms with Gasteiger partial charge in [0.05, 0.1) is 11.9 Å². The SMILES string of the molecule is Cc1cccc(OCc2cn(-c3ccccc3)nn2)c1. The Hall–Kier alpha value is -2.62. The molecular formula is C16H15N3O. The second-order valence-corrected chi connectivity index (χ2v) is 4.60. The Bertz CT molecular complexity index is 692. The molecule has 1 aromatic heterocycles. The van der Waals surface area contributed by atoms with Crippen LogP contribution in [-0.4, -0.2) is 15.0 Å². The van der Waals surface area contributed by atoms with Crippen molar-refractivity contribution in [2.75, 3.05) is 0 Å². The highest BCUT2D eigenvalue weighted by Gasteiger charge is 2.03. The molecule has 0 unspecified atom stereocenters. The molecule has 0 bridgehead atoms. The van der Waals surface area contributed by atoms with Crippen LogP contribution in [0.3, 0.4) is 0 Å². The van der Waals surface area contributed by atoms with Gasteiger partial charge in [-0.1, -0.05) is 35.5 Å². The highest BCUT2D eigenvalue weighted by atomic mass is 16.5. The maximum atomic E-state index is 5.71. The minimum atomic E-state index is 0.413. The van der Waals surface area contributed by atoms with Crippen LogP contribution in [0.25, 0.3) is 5.69 Å². The molecule has 2 aromatic carbocycles. The maximum Gasteiger partial charge on any atom is 0.134 e. The summed E-state index contributed by atoms with van der Waals surface area (Å²) in [6.07, 6.45) is 1.88. The van der Waals surface area contributed by atoms with Gasteiger partial charge in [0.1, 0.15) is 18.1 Å². The lowest BCUT2D eigenvalue weighted by molar-refractivity contribution is 0.301. The number of nitrogens with zero attached hydrogens (tertiary/aromatic N) is 3. The first-order valence-electron chi connectivity index (χ1n) is 6.47. The van der Waals surface area contributed by atoms with Crippen LogP contribution < -0.4 is 4.74 Å². The molecule has 0 saturated heterocycles. The average molecular weight is 265 g/mol. The van der Waals surface area contributed by atoms with Crippen LogP contribution in [0.2, 0.25) is 0 Å². The third kappa shape index (κ3) is 2.85. The van der Waals surface area contributed by atoms with Crippen molar-refractivity contribution >= 4 is 0 Å².